The lowest BCUT2D eigenvalue weighted by Gasteiger charge is -1.90. The third kappa shape index (κ3) is 0.765. The highest BCUT2D eigenvalue weighted by Crippen LogP contribution is 2.21. The molecule has 0 aromatic carbocycles. The predicted octanol–water partition coefficient (Wildman–Crippen LogP) is 1.71. The van der Waals surface area contributed by atoms with Gasteiger partial charge in [-0.1, -0.05) is 31.9 Å². The van der Waals surface area contributed by atoms with Crippen LogP contribution in [0.15, 0.2) is 0 Å². The first-order chi connectivity index (χ1) is 2.89. The van der Waals surface area contributed by atoms with Crippen molar-refractivity contribution in [3.05, 3.63) is 0 Å². The van der Waals surface area contributed by atoms with Crippen molar-refractivity contribution in [2.75, 3.05) is 0 Å². The van der Waals surface area contributed by atoms with Crippen molar-refractivity contribution in [3.63, 3.8) is 0 Å². The summed E-state index contributed by atoms with van der Waals surface area (Å²) in [4.78, 5) is 0. The Balaban J connectivity index is 2.18. The van der Waals surface area contributed by atoms with Crippen LogP contribution < -0.4 is 0 Å². The molecule has 0 aliphatic carbocycles. The molecule has 0 nitrogen and oxygen atoms in total. The molecule has 0 aromatic heterocycles. The van der Waals surface area contributed by atoms with Crippen LogP contribution in [0.3, 0.4) is 0 Å². The van der Waals surface area contributed by atoms with Gasteiger partial charge in [0.15, 0.2) is 0 Å². The number of hydrogen-bond acceptors (Lipinski definition) is 0. The summed E-state index contributed by atoms with van der Waals surface area (Å²) in [6, 6.07) is 0. The van der Waals surface area contributed by atoms with Gasteiger partial charge in [-0.3, -0.25) is 0 Å². The van der Waals surface area contributed by atoms with E-state index in [2.05, 4.69) is 14.2 Å². The molecule has 0 saturated carbocycles. The van der Waals surface area contributed by atoms with Gasteiger partial charge in [-0.25, -0.2) is 0 Å². The maximum atomic E-state index is 2.40. The first kappa shape index (κ1) is 4.23. The quantitative estimate of drug-likeness (QED) is 0.389. The molecule has 1 rings (SSSR count). The zero-order valence-electron chi connectivity index (χ0n) is 4.28. The smallest absolute Gasteiger partial charge is 0.0800 e. The maximum absolute atomic E-state index is 2.40. The molecule has 0 aromatic rings. The molecule has 1 aliphatic rings. The summed E-state index contributed by atoms with van der Waals surface area (Å²) in [5.74, 6) is 0.921. The molecule has 0 amide bonds. The average Bonchev–Trinajstić information content (AvgIpc) is 1.86. The average molecular weight is 80.9 g/mol. The summed E-state index contributed by atoms with van der Waals surface area (Å²) in [5, 5.41) is 0. The molecule has 0 N–H and O–H groups in total. The zero-order valence-corrected chi connectivity index (χ0v) is 4.28. The van der Waals surface area contributed by atoms with Crippen molar-refractivity contribution in [1.82, 2.24) is 0 Å². The lowest BCUT2D eigenvalue weighted by molar-refractivity contribution is 0.821. The fourth-order valence-corrected chi connectivity index (χ4v) is 0.960. The van der Waals surface area contributed by atoms with E-state index in [-0.39, 0.29) is 0 Å². The van der Waals surface area contributed by atoms with Crippen LogP contribution >= 0.6 is 0 Å². The van der Waals surface area contributed by atoms with E-state index in [9.17, 15) is 0 Å². The third-order valence-corrected chi connectivity index (χ3v) is 1.43. The van der Waals surface area contributed by atoms with E-state index in [0.29, 0.717) is 0 Å². The van der Waals surface area contributed by atoms with Gasteiger partial charge in [-0.15, -0.1) is 0 Å². The van der Waals surface area contributed by atoms with Gasteiger partial charge < -0.3 is 0 Å². The van der Waals surface area contributed by atoms with Gasteiger partial charge in [0, 0.05) is 0 Å². The largest absolute Gasteiger partial charge is 0.113 e. The summed E-state index contributed by atoms with van der Waals surface area (Å²) < 4.78 is 0. The van der Waals surface area contributed by atoms with Gasteiger partial charge in [0.1, 0.15) is 7.28 Å². The van der Waals surface area contributed by atoms with Crippen molar-refractivity contribution in [1.29, 1.82) is 0 Å². The third-order valence-electron chi connectivity index (χ3n) is 1.43. The van der Waals surface area contributed by atoms with E-state index in [1.807, 2.05) is 0 Å². The summed E-state index contributed by atoms with van der Waals surface area (Å²) in [7, 11) is 2.40. The molecule has 6 heavy (non-hydrogen) atoms. The lowest BCUT2D eigenvalue weighted by atomic mass is 9.69. The van der Waals surface area contributed by atoms with Crippen molar-refractivity contribution in [2.24, 2.45) is 0 Å². The van der Waals surface area contributed by atoms with Crippen LogP contribution in [0.25, 0.3) is 0 Å². The Kier molecular flexibility index (Phi) is 1.18. The van der Waals surface area contributed by atoms with Crippen LogP contribution in [-0.4, -0.2) is 7.28 Å². The van der Waals surface area contributed by atoms with Gasteiger partial charge in [0.2, 0.25) is 0 Å². The Morgan fingerprint density at radius 3 is 2.67 bits per heavy atom. The van der Waals surface area contributed by atoms with Crippen LogP contribution in [0, 0.1) is 0 Å². The normalized spacial score (nSPS) is 33.2. The molecular weight excluding hydrogens is 70.9 g/mol. The first-order valence-electron chi connectivity index (χ1n) is 2.73. The Labute approximate surface area is 40.2 Å². The molecule has 0 spiro atoms. The minimum Gasteiger partial charge on any atom is -0.0800 e. The predicted molar refractivity (Wildman–Crippen MR) is 29.2 cm³/mol. The van der Waals surface area contributed by atoms with Crippen LogP contribution in [0.2, 0.25) is 12.1 Å². The Morgan fingerprint density at radius 2 is 2.50 bits per heavy atom. The number of hydrogen-bond donors (Lipinski definition) is 0. The fraction of sp³-hybridized carbons (Fsp3) is 1.00. The minimum atomic E-state index is 0.921. The second-order valence-corrected chi connectivity index (χ2v) is 2.14. The standard InChI is InChI=1S/C5H10B/c1-5-3-2-4-6-5/h5H,2-4H2,1H3. The Morgan fingerprint density at radius 1 is 1.67 bits per heavy atom. The minimum absolute atomic E-state index is 0.921. The highest BCUT2D eigenvalue weighted by atomic mass is 14.0. The van der Waals surface area contributed by atoms with E-state index < -0.39 is 0 Å². The second kappa shape index (κ2) is 1.68. The van der Waals surface area contributed by atoms with E-state index in [4.69, 9.17) is 0 Å². The van der Waals surface area contributed by atoms with Gasteiger partial charge in [0.25, 0.3) is 0 Å². The van der Waals surface area contributed by atoms with Crippen LogP contribution in [0.1, 0.15) is 19.8 Å². The monoisotopic (exact) mass is 81.1 g/mol. The molecule has 1 unspecified atom stereocenters. The van der Waals surface area contributed by atoms with Crippen molar-refractivity contribution in [3.8, 4) is 0 Å². The highest BCUT2D eigenvalue weighted by molar-refractivity contribution is 6.38. The summed E-state index contributed by atoms with van der Waals surface area (Å²) in [5.41, 5.74) is 0. The fourth-order valence-electron chi connectivity index (χ4n) is 0.960. The van der Waals surface area contributed by atoms with Gasteiger partial charge in [-0.2, -0.15) is 0 Å². The van der Waals surface area contributed by atoms with E-state index in [0.717, 1.165) is 5.82 Å². The van der Waals surface area contributed by atoms with E-state index >= 15 is 0 Å². The number of rotatable bonds is 0. The van der Waals surface area contributed by atoms with Crippen molar-refractivity contribution in [2.45, 2.75) is 31.9 Å². The SMILES string of the molecule is CC1[B]CCC1. The Hall–Kier alpha value is 0.0649. The molecule has 1 atom stereocenters. The van der Waals surface area contributed by atoms with Crippen molar-refractivity contribution < 1.29 is 0 Å². The highest BCUT2D eigenvalue weighted by Gasteiger charge is 2.09. The summed E-state index contributed by atoms with van der Waals surface area (Å²) >= 11 is 0. The lowest BCUT2D eigenvalue weighted by Crippen LogP contribution is -1.83. The molecular formula is C5H10B. The first-order valence-corrected chi connectivity index (χ1v) is 2.73. The van der Waals surface area contributed by atoms with Crippen LogP contribution in [-0.2, 0) is 0 Å². The molecule has 1 radical (unpaired) electrons. The molecule has 1 saturated heterocycles. The van der Waals surface area contributed by atoms with Crippen LogP contribution in [0.5, 0.6) is 0 Å². The molecule has 1 heteroatoms. The van der Waals surface area contributed by atoms with Gasteiger partial charge in [0.05, 0.1) is 0 Å². The molecule has 1 aliphatic heterocycles. The molecule has 33 valence electrons. The maximum Gasteiger partial charge on any atom is 0.113 e. The zero-order chi connectivity index (χ0) is 4.41. The van der Waals surface area contributed by atoms with Gasteiger partial charge in [-0.05, 0) is 0 Å². The van der Waals surface area contributed by atoms with E-state index in [1.54, 1.807) is 0 Å². The summed E-state index contributed by atoms with van der Waals surface area (Å²) in [6.45, 7) is 2.28. The molecule has 1 fully saturated rings. The topological polar surface area (TPSA) is 0 Å². The van der Waals surface area contributed by atoms with Gasteiger partial charge >= 0.3 is 0 Å². The Bertz CT molecular complexity index is 37.2. The summed E-state index contributed by atoms with van der Waals surface area (Å²) in [6.07, 6.45) is 4.22. The van der Waals surface area contributed by atoms with Crippen LogP contribution in [0.4, 0.5) is 0 Å². The molecule has 0 bridgehead atoms. The van der Waals surface area contributed by atoms with E-state index in [1.165, 1.54) is 19.2 Å². The second-order valence-electron chi connectivity index (χ2n) is 2.14. The van der Waals surface area contributed by atoms with Crippen molar-refractivity contribution >= 4 is 7.28 Å². The molecule has 1 heterocycles.